The monoisotopic (exact) mass is 354 g/mol. The molecule has 0 saturated carbocycles. The van der Waals surface area contributed by atoms with Crippen molar-refractivity contribution in [3.8, 4) is 22.8 Å². The number of methoxy groups -OCH3 is 2. The number of hydrogen-bond acceptors (Lipinski definition) is 3. The predicted octanol–water partition coefficient (Wildman–Crippen LogP) is -0.0196. The highest BCUT2D eigenvalue weighted by atomic mass is 16.5. The molecule has 1 aromatic carbocycles. The molecule has 0 unspecified atom stereocenters. The maximum Gasteiger partial charge on any atom is 0.161 e. The largest absolute Gasteiger partial charge is 0.493 e. The number of rotatable bonds is 5. The van der Waals surface area contributed by atoms with E-state index in [-0.39, 0.29) is 0 Å². The lowest BCUT2D eigenvalue weighted by Gasteiger charge is -2.22. The van der Waals surface area contributed by atoms with Crippen LogP contribution in [0.25, 0.3) is 16.9 Å². The number of nitrogens with two attached hydrogens (primary N) is 1. The van der Waals surface area contributed by atoms with Gasteiger partial charge in [-0.1, -0.05) is 6.07 Å². The highest BCUT2D eigenvalue weighted by molar-refractivity contribution is 5.69. The lowest BCUT2D eigenvalue weighted by Crippen LogP contribution is -3.19. The number of fused-ring (bicyclic) bond motifs is 1. The van der Waals surface area contributed by atoms with Gasteiger partial charge in [0.25, 0.3) is 0 Å². The first kappa shape index (κ1) is 16.9. The van der Waals surface area contributed by atoms with Crippen molar-refractivity contribution < 1.29 is 19.7 Å². The van der Waals surface area contributed by atoms with Crippen molar-refractivity contribution in [3.05, 3.63) is 48.3 Å². The quantitative estimate of drug-likeness (QED) is 0.677. The Morgan fingerprint density at radius 2 is 1.88 bits per heavy atom. The fraction of sp³-hybridized carbons (Fsp3) is 0.350. The summed E-state index contributed by atoms with van der Waals surface area (Å²) in [5, 5.41) is 2.40. The molecule has 26 heavy (non-hydrogen) atoms. The zero-order valence-corrected chi connectivity index (χ0v) is 15.4. The van der Waals surface area contributed by atoms with Crippen LogP contribution in [0.1, 0.15) is 5.69 Å². The predicted molar refractivity (Wildman–Crippen MR) is 99.8 cm³/mol. The fourth-order valence-electron chi connectivity index (χ4n) is 3.73. The van der Waals surface area contributed by atoms with E-state index in [0.717, 1.165) is 34.9 Å². The summed E-state index contributed by atoms with van der Waals surface area (Å²) in [4.78, 5) is 6.54. The van der Waals surface area contributed by atoms with E-state index < -0.39 is 0 Å². The number of pyridine rings is 1. The van der Waals surface area contributed by atoms with Crippen molar-refractivity contribution in [2.45, 2.75) is 6.54 Å². The lowest BCUT2D eigenvalue weighted by atomic mass is 10.1. The van der Waals surface area contributed by atoms with Gasteiger partial charge in [-0.25, -0.2) is 4.98 Å². The Kier molecular flexibility index (Phi) is 4.77. The lowest BCUT2D eigenvalue weighted by molar-refractivity contribution is -0.958. The molecule has 1 saturated heterocycles. The van der Waals surface area contributed by atoms with Crippen LogP contribution in [0.15, 0.2) is 42.6 Å². The fourth-order valence-corrected chi connectivity index (χ4v) is 3.73. The van der Waals surface area contributed by atoms with Crippen LogP contribution >= 0.6 is 0 Å². The van der Waals surface area contributed by atoms with E-state index in [4.69, 9.17) is 14.5 Å². The Balaban J connectivity index is 1.80. The van der Waals surface area contributed by atoms with Crippen molar-refractivity contribution in [1.29, 1.82) is 0 Å². The van der Waals surface area contributed by atoms with Gasteiger partial charge in [0.2, 0.25) is 0 Å². The summed E-state index contributed by atoms with van der Waals surface area (Å²) in [5.41, 5.74) is 4.32. The SMILES string of the molecule is COc1ccc(-c2nc3ccccn3c2C[NH+]2CC[NH2+]CC2)cc1OC. The third-order valence-electron chi connectivity index (χ3n) is 5.11. The number of nitrogens with one attached hydrogen (secondary N) is 1. The van der Waals surface area contributed by atoms with Gasteiger partial charge in [-0.3, -0.25) is 4.40 Å². The van der Waals surface area contributed by atoms with Crippen LogP contribution in [-0.2, 0) is 6.54 Å². The first-order valence-corrected chi connectivity index (χ1v) is 9.13. The highest BCUT2D eigenvalue weighted by Crippen LogP contribution is 2.33. The maximum absolute atomic E-state index is 5.49. The molecule has 3 N–H and O–H groups in total. The van der Waals surface area contributed by atoms with Crippen LogP contribution in [0.4, 0.5) is 0 Å². The van der Waals surface area contributed by atoms with Crippen LogP contribution in [0.2, 0.25) is 0 Å². The van der Waals surface area contributed by atoms with Crippen LogP contribution in [0, 0.1) is 0 Å². The van der Waals surface area contributed by atoms with Crippen molar-refractivity contribution in [3.63, 3.8) is 0 Å². The molecule has 3 aromatic rings. The van der Waals surface area contributed by atoms with Crippen LogP contribution in [-0.4, -0.2) is 49.8 Å². The van der Waals surface area contributed by atoms with Gasteiger partial charge >= 0.3 is 0 Å². The molecule has 1 fully saturated rings. The molecular weight excluding hydrogens is 328 g/mol. The minimum absolute atomic E-state index is 0.730. The van der Waals surface area contributed by atoms with Gasteiger partial charge in [0, 0.05) is 11.8 Å². The van der Waals surface area contributed by atoms with Gasteiger partial charge in [-0.15, -0.1) is 0 Å². The molecule has 0 aliphatic carbocycles. The molecule has 1 aliphatic rings. The summed E-state index contributed by atoms with van der Waals surface area (Å²) >= 11 is 0. The Morgan fingerprint density at radius 1 is 1.08 bits per heavy atom. The van der Waals surface area contributed by atoms with Gasteiger partial charge in [-0.05, 0) is 30.3 Å². The number of benzene rings is 1. The minimum atomic E-state index is 0.730. The van der Waals surface area contributed by atoms with E-state index in [1.165, 1.54) is 31.9 Å². The van der Waals surface area contributed by atoms with Crippen molar-refractivity contribution in [2.75, 3.05) is 40.4 Å². The Hall–Kier alpha value is -2.57. The third kappa shape index (κ3) is 3.13. The topological polar surface area (TPSA) is 56.8 Å². The van der Waals surface area contributed by atoms with Gasteiger partial charge in [-0.2, -0.15) is 0 Å². The summed E-state index contributed by atoms with van der Waals surface area (Å²) in [5.74, 6) is 1.46. The summed E-state index contributed by atoms with van der Waals surface area (Å²) in [6.07, 6.45) is 2.11. The second-order valence-corrected chi connectivity index (χ2v) is 6.70. The molecule has 3 heterocycles. The maximum atomic E-state index is 5.49. The third-order valence-corrected chi connectivity index (χ3v) is 5.11. The first-order chi connectivity index (χ1) is 12.8. The number of ether oxygens (including phenoxy) is 2. The number of piperazine rings is 1. The Bertz CT molecular complexity index is 900. The summed E-state index contributed by atoms with van der Waals surface area (Å²) in [7, 11) is 3.32. The summed E-state index contributed by atoms with van der Waals surface area (Å²) in [6, 6.07) is 12.2. The van der Waals surface area contributed by atoms with Gasteiger partial charge in [0.05, 0.1) is 19.9 Å². The van der Waals surface area contributed by atoms with Crippen molar-refractivity contribution >= 4 is 5.65 Å². The molecule has 0 bridgehead atoms. The Labute approximate surface area is 153 Å². The normalized spacial score (nSPS) is 15.3. The van der Waals surface area contributed by atoms with E-state index in [2.05, 4.69) is 34.1 Å². The number of imidazole rings is 1. The minimum Gasteiger partial charge on any atom is -0.493 e. The highest BCUT2D eigenvalue weighted by Gasteiger charge is 2.22. The molecule has 0 spiro atoms. The average molecular weight is 354 g/mol. The zero-order chi connectivity index (χ0) is 17.9. The smallest absolute Gasteiger partial charge is 0.161 e. The number of quaternary nitrogens is 2. The van der Waals surface area contributed by atoms with Gasteiger partial charge < -0.3 is 19.7 Å². The molecule has 0 atom stereocenters. The number of hydrogen-bond donors (Lipinski definition) is 2. The summed E-state index contributed by atoms with van der Waals surface area (Å²) < 4.78 is 13.1. The average Bonchev–Trinajstić information content (AvgIpc) is 3.07. The zero-order valence-electron chi connectivity index (χ0n) is 15.4. The van der Waals surface area contributed by atoms with Crippen molar-refractivity contribution in [1.82, 2.24) is 9.38 Å². The van der Waals surface area contributed by atoms with E-state index >= 15 is 0 Å². The second kappa shape index (κ2) is 7.35. The molecule has 0 amide bonds. The van der Waals surface area contributed by atoms with E-state index in [9.17, 15) is 0 Å². The summed E-state index contributed by atoms with van der Waals surface area (Å²) in [6.45, 7) is 5.73. The van der Waals surface area contributed by atoms with Crippen LogP contribution < -0.4 is 19.7 Å². The second-order valence-electron chi connectivity index (χ2n) is 6.70. The molecule has 2 aromatic heterocycles. The van der Waals surface area contributed by atoms with E-state index in [0.29, 0.717) is 0 Å². The molecule has 4 rings (SSSR count). The van der Waals surface area contributed by atoms with E-state index in [1.807, 2.05) is 18.2 Å². The molecule has 6 nitrogen and oxygen atoms in total. The van der Waals surface area contributed by atoms with Gasteiger partial charge in [0.15, 0.2) is 11.5 Å². The van der Waals surface area contributed by atoms with Crippen LogP contribution in [0.5, 0.6) is 11.5 Å². The van der Waals surface area contributed by atoms with E-state index in [1.54, 1.807) is 19.1 Å². The molecule has 136 valence electrons. The number of aromatic nitrogens is 2. The molecule has 6 heteroatoms. The standard InChI is InChI=1S/C20H24N4O2/c1-25-17-7-6-15(13-18(17)26-2)20-16(14-23-11-8-21-9-12-23)24-10-4-3-5-19(24)22-20/h3-7,10,13,21H,8-9,11-12,14H2,1-2H3/p+2. The van der Waals surface area contributed by atoms with Gasteiger partial charge in [0.1, 0.15) is 44.1 Å². The number of nitrogens with zero attached hydrogens (tertiary/aromatic N) is 2. The van der Waals surface area contributed by atoms with Crippen LogP contribution in [0.3, 0.4) is 0 Å². The first-order valence-electron chi connectivity index (χ1n) is 9.13. The van der Waals surface area contributed by atoms with Crippen molar-refractivity contribution in [2.24, 2.45) is 0 Å². The molecule has 0 radical (unpaired) electrons. The Morgan fingerprint density at radius 3 is 2.65 bits per heavy atom. The molecular formula is C20H26N4O2+2. The molecule has 1 aliphatic heterocycles.